The second-order valence-corrected chi connectivity index (χ2v) is 5.24. The van der Waals surface area contributed by atoms with Crippen molar-refractivity contribution in [3.05, 3.63) is 28.8 Å². The summed E-state index contributed by atoms with van der Waals surface area (Å²) in [6.07, 6.45) is 0.989. The number of nitrogens with one attached hydrogen (secondary N) is 1. The number of carbonyl (C=O) groups is 2. The minimum absolute atomic E-state index is 0.0533. The van der Waals surface area contributed by atoms with Gasteiger partial charge in [-0.1, -0.05) is 18.5 Å². The third kappa shape index (κ3) is 3.38. The lowest BCUT2D eigenvalue weighted by Crippen LogP contribution is -2.32. The first-order valence-corrected chi connectivity index (χ1v) is 6.43. The third-order valence-corrected chi connectivity index (χ3v) is 3.33. The smallest absolute Gasteiger partial charge is 0.335 e. The van der Waals surface area contributed by atoms with E-state index in [4.69, 9.17) is 16.7 Å². The van der Waals surface area contributed by atoms with Crippen LogP contribution in [-0.2, 0) is 0 Å². The van der Waals surface area contributed by atoms with E-state index in [0.717, 1.165) is 19.5 Å². The second-order valence-electron chi connectivity index (χ2n) is 4.80. The van der Waals surface area contributed by atoms with Gasteiger partial charge in [0, 0.05) is 23.8 Å². The number of nitrogens with zero attached hydrogens (tertiary/aromatic N) is 1. The van der Waals surface area contributed by atoms with Crippen LogP contribution in [0.5, 0.6) is 0 Å². The minimum Gasteiger partial charge on any atom is -0.478 e. The number of hydrogen-bond donors (Lipinski definition) is 2. The molecule has 1 fully saturated rings. The molecule has 0 saturated carbocycles. The molecule has 0 aliphatic carbocycles. The molecule has 2 amide bonds. The van der Waals surface area contributed by atoms with Gasteiger partial charge in [-0.15, -0.1) is 0 Å². The summed E-state index contributed by atoms with van der Waals surface area (Å²) in [4.78, 5) is 24.6. The lowest BCUT2D eigenvalue weighted by Gasteiger charge is -2.17. The number of carboxylic acid groups (broad SMARTS) is 1. The summed E-state index contributed by atoms with van der Waals surface area (Å²) in [6, 6.07) is 4.05. The Balaban J connectivity index is 2.10. The second kappa shape index (κ2) is 5.48. The van der Waals surface area contributed by atoms with Gasteiger partial charge in [-0.25, -0.2) is 9.59 Å². The summed E-state index contributed by atoms with van der Waals surface area (Å²) in [5, 5.41) is 11.9. The van der Waals surface area contributed by atoms with Crippen LogP contribution < -0.4 is 5.32 Å². The monoisotopic (exact) mass is 282 g/mol. The molecular weight excluding hydrogens is 268 g/mol. The van der Waals surface area contributed by atoms with Gasteiger partial charge in [0.25, 0.3) is 0 Å². The van der Waals surface area contributed by atoms with Crippen molar-refractivity contribution >= 4 is 29.3 Å². The molecule has 2 N–H and O–H groups in total. The topological polar surface area (TPSA) is 69.6 Å². The van der Waals surface area contributed by atoms with Crippen LogP contribution in [0.25, 0.3) is 0 Å². The molecule has 1 aromatic rings. The van der Waals surface area contributed by atoms with Crippen LogP contribution in [0.3, 0.4) is 0 Å². The number of likely N-dealkylation sites (tertiary alicyclic amines) is 1. The number of amides is 2. The molecule has 1 aliphatic heterocycles. The van der Waals surface area contributed by atoms with E-state index < -0.39 is 5.97 Å². The van der Waals surface area contributed by atoms with Crippen molar-refractivity contribution in [1.29, 1.82) is 0 Å². The molecule has 0 spiro atoms. The summed E-state index contributed by atoms with van der Waals surface area (Å²) in [5.74, 6) is -0.576. The maximum Gasteiger partial charge on any atom is 0.335 e. The molecule has 5 nitrogen and oxygen atoms in total. The van der Waals surface area contributed by atoms with E-state index in [0.29, 0.717) is 11.6 Å². The van der Waals surface area contributed by atoms with Gasteiger partial charge in [0.1, 0.15) is 0 Å². The molecule has 1 aliphatic rings. The van der Waals surface area contributed by atoms with E-state index in [2.05, 4.69) is 12.2 Å². The fraction of sp³-hybridized carbons (Fsp3) is 0.385. The molecule has 19 heavy (non-hydrogen) atoms. The van der Waals surface area contributed by atoms with Crippen molar-refractivity contribution in [3.63, 3.8) is 0 Å². The fourth-order valence-electron chi connectivity index (χ4n) is 2.11. The Labute approximate surface area is 116 Å². The average Bonchev–Trinajstić information content (AvgIpc) is 2.75. The minimum atomic E-state index is -1.08. The first kappa shape index (κ1) is 13.7. The Morgan fingerprint density at radius 1 is 1.42 bits per heavy atom. The van der Waals surface area contributed by atoms with E-state index in [-0.39, 0.29) is 16.6 Å². The van der Waals surface area contributed by atoms with Gasteiger partial charge < -0.3 is 15.3 Å². The molecule has 1 atom stereocenters. The maximum atomic E-state index is 12.0. The third-order valence-electron chi connectivity index (χ3n) is 3.11. The van der Waals surface area contributed by atoms with Crippen molar-refractivity contribution in [3.8, 4) is 0 Å². The Bertz CT molecular complexity index is 519. The molecule has 1 unspecified atom stereocenters. The number of benzene rings is 1. The Hall–Kier alpha value is -1.75. The van der Waals surface area contributed by atoms with Crippen molar-refractivity contribution in [2.75, 3.05) is 18.4 Å². The van der Waals surface area contributed by atoms with Crippen LogP contribution in [0, 0.1) is 5.92 Å². The van der Waals surface area contributed by atoms with Gasteiger partial charge in [0.15, 0.2) is 0 Å². The van der Waals surface area contributed by atoms with Crippen molar-refractivity contribution in [2.24, 2.45) is 5.92 Å². The largest absolute Gasteiger partial charge is 0.478 e. The standard InChI is InChI=1S/C13H15ClN2O3/c1-8-2-3-16(7-8)13(19)15-11-5-9(12(17)18)4-10(14)6-11/h4-6,8H,2-3,7H2,1H3,(H,15,19)(H,17,18). The van der Waals surface area contributed by atoms with Crippen molar-refractivity contribution in [1.82, 2.24) is 4.90 Å². The number of halogens is 1. The molecular formula is C13H15ClN2O3. The highest BCUT2D eigenvalue weighted by molar-refractivity contribution is 6.31. The highest BCUT2D eigenvalue weighted by atomic mass is 35.5. The molecule has 6 heteroatoms. The van der Waals surface area contributed by atoms with Crippen LogP contribution in [0.1, 0.15) is 23.7 Å². The SMILES string of the molecule is CC1CCN(C(=O)Nc2cc(Cl)cc(C(=O)O)c2)C1. The lowest BCUT2D eigenvalue weighted by molar-refractivity contribution is 0.0697. The molecule has 0 radical (unpaired) electrons. The Morgan fingerprint density at radius 3 is 2.74 bits per heavy atom. The number of rotatable bonds is 2. The highest BCUT2D eigenvalue weighted by Gasteiger charge is 2.23. The quantitative estimate of drug-likeness (QED) is 0.876. The van der Waals surface area contributed by atoms with E-state index in [1.165, 1.54) is 18.2 Å². The summed E-state index contributed by atoms with van der Waals surface area (Å²) in [5.41, 5.74) is 0.451. The molecule has 102 valence electrons. The lowest BCUT2D eigenvalue weighted by atomic mass is 10.2. The normalized spacial score (nSPS) is 18.4. The number of aromatic carboxylic acids is 1. The fourth-order valence-corrected chi connectivity index (χ4v) is 2.34. The Morgan fingerprint density at radius 2 is 2.16 bits per heavy atom. The van der Waals surface area contributed by atoms with E-state index >= 15 is 0 Å². The summed E-state index contributed by atoms with van der Waals surface area (Å²) in [6.45, 7) is 3.53. The van der Waals surface area contributed by atoms with Crippen LogP contribution in [0.15, 0.2) is 18.2 Å². The van der Waals surface area contributed by atoms with Crippen LogP contribution in [-0.4, -0.2) is 35.1 Å². The molecule has 1 heterocycles. The van der Waals surface area contributed by atoms with E-state index in [9.17, 15) is 9.59 Å². The van der Waals surface area contributed by atoms with Gasteiger partial charge in [0.2, 0.25) is 0 Å². The van der Waals surface area contributed by atoms with Crippen molar-refractivity contribution in [2.45, 2.75) is 13.3 Å². The van der Waals surface area contributed by atoms with Gasteiger partial charge in [0.05, 0.1) is 5.56 Å². The summed E-state index contributed by atoms with van der Waals surface area (Å²) in [7, 11) is 0. The van der Waals surface area contributed by atoms with E-state index in [1.54, 1.807) is 4.90 Å². The highest BCUT2D eigenvalue weighted by Crippen LogP contribution is 2.21. The van der Waals surface area contributed by atoms with Gasteiger partial charge in [-0.05, 0) is 30.5 Å². The van der Waals surface area contributed by atoms with E-state index in [1.807, 2.05) is 0 Å². The van der Waals surface area contributed by atoms with Gasteiger partial charge >= 0.3 is 12.0 Å². The predicted molar refractivity (Wildman–Crippen MR) is 72.8 cm³/mol. The summed E-state index contributed by atoms with van der Waals surface area (Å²) < 4.78 is 0. The van der Waals surface area contributed by atoms with Gasteiger partial charge in [-0.3, -0.25) is 0 Å². The molecule has 2 rings (SSSR count). The number of carbonyl (C=O) groups excluding carboxylic acids is 1. The number of anilines is 1. The zero-order valence-electron chi connectivity index (χ0n) is 10.5. The zero-order valence-corrected chi connectivity index (χ0v) is 11.3. The first-order valence-electron chi connectivity index (χ1n) is 6.05. The summed E-state index contributed by atoms with van der Waals surface area (Å²) >= 11 is 5.83. The number of urea groups is 1. The molecule has 0 aromatic heterocycles. The average molecular weight is 283 g/mol. The van der Waals surface area contributed by atoms with Gasteiger partial charge in [-0.2, -0.15) is 0 Å². The van der Waals surface area contributed by atoms with Crippen molar-refractivity contribution < 1.29 is 14.7 Å². The zero-order chi connectivity index (χ0) is 14.0. The maximum absolute atomic E-state index is 12.0. The molecule has 0 bridgehead atoms. The molecule has 1 saturated heterocycles. The predicted octanol–water partition coefficient (Wildman–Crippen LogP) is 2.91. The Kier molecular flexibility index (Phi) is 3.95. The van der Waals surface area contributed by atoms with Crippen LogP contribution >= 0.6 is 11.6 Å². The number of hydrogen-bond acceptors (Lipinski definition) is 2. The molecule has 1 aromatic carbocycles. The van der Waals surface area contributed by atoms with Crippen LogP contribution in [0.2, 0.25) is 5.02 Å². The first-order chi connectivity index (χ1) is 8.95. The van der Waals surface area contributed by atoms with Crippen LogP contribution in [0.4, 0.5) is 10.5 Å². The number of carboxylic acids is 1.